The average Bonchev–Trinajstić information content (AvgIpc) is 2.79. The van der Waals surface area contributed by atoms with E-state index >= 15 is 0 Å². The summed E-state index contributed by atoms with van der Waals surface area (Å²) < 4.78 is 0. The number of nitrogens with zero attached hydrogens (tertiary/aromatic N) is 2. The van der Waals surface area contributed by atoms with Crippen molar-refractivity contribution < 1.29 is 0 Å². The van der Waals surface area contributed by atoms with Crippen molar-refractivity contribution in [3.8, 4) is 0 Å². The van der Waals surface area contributed by atoms with Crippen LogP contribution in [-0.4, -0.2) is 31.1 Å². The lowest BCUT2D eigenvalue weighted by Crippen LogP contribution is -2.35. The third-order valence-corrected chi connectivity index (χ3v) is 7.38. The monoisotopic (exact) mass is 400 g/mol. The van der Waals surface area contributed by atoms with Gasteiger partial charge >= 0.3 is 0 Å². The summed E-state index contributed by atoms with van der Waals surface area (Å²) in [6.45, 7) is 4.72. The van der Waals surface area contributed by atoms with Gasteiger partial charge in [-0.3, -0.25) is 0 Å². The van der Waals surface area contributed by atoms with Crippen LogP contribution in [0.5, 0.6) is 0 Å². The molecule has 29 heavy (non-hydrogen) atoms. The van der Waals surface area contributed by atoms with Gasteiger partial charge < -0.3 is 9.80 Å². The second-order valence-electron chi connectivity index (χ2n) is 8.07. The molecule has 2 heterocycles. The lowest BCUT2D eigenvalue weighted by Gasteiger charge is -2.35. The SMILES string of the molecule is c1ccc(C2CCN(CCCN3c4ccccc4Sc4ccccc43)CC2)cc1. The summed E-state index contributed by atoms with van der Waals surface area (Å²) in [4.78, 5) is 7.93. The van der Waals surface area contributed by atoms with E-state index in [1.807, 2.05) is 11.8 Å². The fourth-order valence-electron chi connectivity index (χ4n) is 4.69. The first-order chi connectivity index (χ1) is 14.4. The molecule has 0 unspecified atom stereocenters. The van der Waals surface area contributed by atoms with Crippen molar-refractivity contribution in [3.63, 3.8) is 0 Å². The maximum absolute atomic E-state index is 2.66. The smallest absolute Gasteiger partial charge is 0.0552 e. The Bertz CT molecular complexity index is 902. The van der Waals surface area contributed by atoms with E-state index in [9.17, 15) is 0 Å². The molecule has 0 atom stereocenters. The van der Waals surface area contributed by atoms with Gasteiger partial charge in [-0.15, -0.1) is 0 Å². The number of para-hydroxylation sites is 2. The number of likely N-dealkylation sites (tertiary alicyclic amines) is 1. The summed E-state index contributed by atoms with van der Waals surface area (Å²) in [5.74, 6) is 0.741. The van der Waals surface area contributed by atoms with Crippen molar-refractivity contribution in [3.05, 3.63) is 84.4 Å². The molecule has 1 fully saturated rings. The number of hydrogen-bond acceptors (Lipinski definition) is 3. The normalized spacial score (nSPS) is 17.0. The first-order valence-electron chi connectivity index (χ1n) is 10.8. The largest absolute Gasteiger partial charge is 0.340 e. The van der Waals surface area contributed by atoms with E-state index in [1.165, 1.54) is 65.6 Å². The molecule has 2 aliphatic heterocycles. The van der Waals surface area contributed by atoms with Crippen LogP contribution in [0.2, 0.25) is 0 Å². The Morgan fingerprint density at radius 2 is 1.28 bits per heavy atom. The number of rotatable bonds is 5. The minimum Gasteiger partial charge on any atom is -0.340 e. The van der Waals surface area contributed by atoms with Crippen molar-refractivity contribution in [2.75, 3.05) is 31.1 Å². The van der Waals surface area contributed by atoms with E-state index in [-0.39, 0.29) is 0 Å². The van der Waals surface area contributed by atoms with Gasteiger partial charge in [0.05, 0.1) is 11.4 Å². The summed E-state index contributed by atoms with van der Waals surface area (Å²) in [6, 6.07) is 28.7. The Labute approximate surface area is 178 Å². The number of piperidine rings is 1. The van der Waals surface area contributed by atoms with Gasteiger partial charge in [-0.2, -0.15) is 0 Å². The molecule has 3 aromatic carbocycles. The van der Waals surface area contributed by atoms with Crippen LogP contribution in [0.3, 0.4) is 0 Å². The predicted molar refractivity (Wildman–Crippen MR) is 123 cm³/mol. The molecule has 0 radical (unpaired) electrons. The Kier molecular flexibility index (Phi) is 5.60. The highest BCUT2D eigenvalue weighted by Crippen LogP contribution is 2.47. The zero-order valence-corrected chi connectivity index (χ0v) is 17.7. The maximum Gasteiger partial charge on any atom is 0.0552 e. The molecule has 0 spiro atoms. The van der Waals surface area contributed by atoms with E-state index < -0.39 is 0 Å². The number of benzene rings is 3. The van der Waals surface area contributed by atoms with Gasteiger partial charge in [0.2, 0.25) is 0 Å². The highest BCUT2D eigenvalue weighted by atomic mass is 32.2. The number of anilines is 2. The van der Waals surface area contributed by atoms with Crippen LogP contribution < -0.4 is 4.90 Å². The van der Waals surface area contributed by atoms with E-state index in [0.29, 0.717) is 0 Å². The van der Waals surface area contributed by atoms with E-state index in [2.05, 4.69) is 88.7 Å². The third kappa shape index (κ3) is 4.08. The quantitative estimate of drug-likeness (QED) is 0.479. The molecule has 0 amide bonds. The molecule has 0 aliphatic carbocycles. The first-order valence-corrected chi connectivity index (χ1v) is 11.6. The van der Waals surface area contributed by atoms with Gasteiger partial charge in [0, 0.05) is 16.3 Å². The van der Waals surface area contributed by atoms with Crippen molar-refractivity contribution in [2.45, 2.75) is 35.0 Å². The molecule has 2 aliphatic rings. The van der Waals surface area contributed by atoms with Gasteiger partial charge in [0.15, 0.2) is 0 Å². The Hall–Kier alpha value is -2.23. The second kappa shape index (κ2) is 8.64. The maximum atomic E-state index is 2.66. The minimum atomic E-state index is 0.741. The number of fused-ring (bicyclic) bond motifs is 2. The summed E-state index contributed by atoms with van der Waals surface area (Å²) in [5.41, 5.74) is 4.24. The molecule has 3 aromatic rings. The molecule has 148 valence electrons. The molecule has 2 nitrogen and oxygen atoms in total. The Balaban J connectivity index is 1.20. The van der Waals surface area contributed by atoms with Crippen molar-refractivity contribution in [1.29, 1.82) is 0 Å². The van der Waals surface area contributed by atoms with Crippen molar-refractivity contribution >= 4 is 23.1 Å². The van der Waals surface area contributed by atoms with E-state index in [1.54, 1.807) is 0 Å². The molecule has 0 saturated carbocycles. The number of hydrogen-bond donors (Lipinski definition) is 0. The van der Waals surface area contributed by atoms with Crippen LogP contribution in [0.15, 0.2) is 88.7 Å². The van der Waals surface area contributed by atoms with Crippen LogP contribution in [0.1, 0.15) is 30.7 Å². The highest BCUT2D eigenvalue weighted by molar-refractivity contribution is 7.99. The molecule has 0 bridgehead atoms. The molecule has 3 heteroatoms. The summed E-state index contributed by atoms with van der Waals surface area (Å²) in [7, 11) is 0. The molecule has 1 saturated heterocycles. The molecular formula is C26H28N2S. The zero-order valence-electron chi connectivity index (χ0n) is 16.8. The second-order valence-corrected chi connectivity index (χ2v) is 9.15. The lowest BCUT2D eigenvalue weighted by atomic mass is 9.89. The Morgan fingerprint density at radius 1 is 0.690 bits per heavy atom. The fraction of sp³-hybridized carbons (Fsp3) is 0.308. The van der Waals surface area contributed by atoms with Gasteiger partial charge in [-0.25, -0.2) is 0 Å². The minimum absolute atomic E-state index is 0.741. The van der Waals surface area contributed by atoms with Crippen LogP contribution >= 0.6 is 11.8 Å². The summed E-state index contributed by atoms with van der Waals surface area (Å²) >= 11 is 1.89. The highest BCUT2D eigenvalue weighted by Gasteiger charge is 2.23. The van der Waals surface area contributed by atoms with Crippen LogP contribution in [0.4, 0.5) is 11.4 Å². The van der Waals surface area contributed by atoms with E-state index in [0.717, 1.165) is 12.5 Å². The van der Waals surface area contributed by atoms with E-state index in [4.69, 9.17) is 0 Å². The molecular weight excluding hydrogens is 372 g/mol. The van der Waals surface area contributed by atoms with Crippen LogP contribution in [0.25, 0.3) is 0 Å². The molecule has 0 N–H and O–H groups in total. The molecule has 5 rings (SSSR count). The van der Waals surface area contributed by atoms with Gasteiger partial charge in [-0.05, 0) is 74.6 Å². The average molecular weight is 401 g/mol. The van der Waals surface area contributed by atoms with Gasteiger partial charge in [0.25, 0.3) is 0 Å². The lowest BCUT2D eigenvalue weighted by molar-refractivity contribution is 0.211. The topological polar surface area (TPSA) is 6.48 Å². The zero-order chi connectivity index (χ0) is 19.5. The fourth-order valence-corrected chi connectivity index (χ4v) is 5.79. The molecule has 0 aromatic heterocycles. The standard InChI is InChI=1S/C26H28N2S/c1-2-9-21(10-3-1)22-15-19-27(20-16-22)17-8-18-28-23-11-4-6-13-25(23)29-26-14-7-5-12-24(26)28/h1-7,9-14,22H,8,15-20H2. The predicted octanol–water partition coefficient (Wildman–Crippen LogP) is 6.56. The van der Waals surface area contributed by atoms with Crippen LogP contribution in [0, 0.1) is 0 Å². The summed E-state index contributed by atoms with van der Waals surface area (Å²) in [5, 5.41) is 0. The first kappa shape index (κ1) is 18.8. The van der Waals surface area contributed by atoms with Crippen molar-refractivity contribution in [1.82, 2.24) is 4.90 Å². The van der Waals surface area contributed by atoms with Gasteiger partial charge in [0.1, 0.15) is 0 Å². The Morgan fingerprint density at radius 3 is 1.93 bits per heavy atom. The third-order valence-electron chi connectivity index (χ3n) is 6.25. The van der Waals surface area contributed by atoms with Crippen molar-refractivity contribution in [2.24, 2.45) is 0 Å². The van der Waals surface area contributed by atoms with Gasteiger partial charge in [-0.1, -0.05) is 66.4 Å². The summed E-state index contributed by atoms with van der Waals surface area (Å²) in [6.07, 6.45) is 3.77. The van der Waals surface area contributed by atoms with Crippen LogP contribution in [-0.2, 0) is 0 Å².